The predicted molar refractivity (Wildman–Crippen MR) is 104 cm³/mol. The van der Waals surface area contributed by atoms with E-state index in [4.69, 9.17) is 4.98 Å². The Morgan fingerprint density at radius 2 is 2.08 bits per heavy atom. The molecule has 1 aliphatic rings. The lowest BCUT2D eigenvalue weighted by molar-refractivity contribution is 0.0734. The van der Waals surface area contributed by atoms with Crippen molar-refractivity contribution < 1.29 is 4.79 Å². The molecule has 7 heteroatoms. The van der Waals surface area contributed by atoms with Gasteiger partial charge in [0.1, 0.15) is 5.01 Å². The zero-order valence-electron chi connectivity index (χ0n) is 15.1. The van der Waals surface area contributed by atoms with Gasteiger partial charge in [0.2, 0.25) is 5.95 Å². The molecule has 134 valence electrons. The molecule has 0 saturated carbocycles. The van der Waals surface area contributed by atoms with Gasteiger partial charge in [0.25, 0.3) is 5.91 Å². The summed E-state index contributed by atoms with van der Waals surface area (Å²) in [6, 6.07) is 8.16. The third-order valence-corrected chi connectivity index (χ3v) is 5.84. The summed E-state index contributed by atoms with van der Waals surface area (Å²) < 4.78 is 1.16. The zero-order chi connectivity index (χ0) is 18.3. The first kappa shape index (κ1) is 16.9. The van der Waals surface area contributed by atoms with Crippen molar-refractivity contribution in [2.45, 2.75) is 25.8 Å². The van der Waals surface area contributed by atoms with Gasteiger partial charge in [0.15, 0.2) is 0 Å². The standard InChI is InChI=1S/C19H21N5OS/c1-12-13(11-20-19(21-12)23(2)3)18(25)24-10-6-8-15(24)17-22-14-7-4-5-9-16(14)26-17/h4-5,7,9,11,15H,6,8,10H2,1-3H3/t15-/m1/s1. The van der Waals surface area contributed by atoms with Gasteiger partial charge in [-0.3, -0.25) is 4.79 Å². The van der Waals surface area contributed by atoms with Gasteiger partial charge in [-0.15, -0.1) is 11.3 Å². The van der Waals surface area contributed by atoms with Crippen LogP contribution in [-0.2, 0) is 0 Å². The van der Waals surface area contributed by atoms with Crippen molar-refractivity contribution >= 4 is 33.4 Å². The molecule has 1 saturated heterocycles. The number of carbonyl (C=O) groups excluding carboxylic acids is 1. The highest BCUT2D eigenvalue weighted by Gasteiger charge is 2.33. The van der Waals surface area contributed by atoms with E-state index in [-0.39, 0.29) is 11.9 Å². The number of fused-ring (bicyclic) bond motifs is 1. The van der Waals surface area contributed by atoms with E-state index in [2.05, 4.69) is 16.0 Å². The second-order valence-electron chi connectivity index (χ2n) is 6.74. The third kappa shape index (κ3) is 2.92. The number of hydrogen-bond donors (Lipinski definition) is 0. The first-order valence-corrected chi connectivity index (χ1v) is 9.53. The average Bonchev–Trinajstić information content (AvgIpc) is 3.27. The van der Waals surface area contributed by atoms with Gasteiger partial charge in [-0.25, -0.2) is 15.0 Å². The number of thiazole rings is 1. The molecule has 0 bridgehead atoms. The quantitative estimate of drug-likeness (QED) is 0.710. The Morgan fingerprint density at radius 1 is 1.27 bits per heavy atom. The number of hydrogen-bond acceptors (Lipinski definition) is 6. The van der Waals surface area contributed by atoms with E-state index in [9.17, 15) is 4.79 Å². The molecule has 1 fully saturated rings. The zero-order valence-corrected chi connectivity index (χ0v) is 16.0. The number of rotatable bonds is 3. The Morgan fingerprint density at radius 3 is 2.81 bits per heavy atom. The molecule has 1 aliphatic heterocycles. The maximum atomic E-state index is 13.2. The highest BCUT2D eigenvalue weighted by Crippen LogP contribution is 2.37. The maximum absolute atomic E-state index is 13.2. The number of para-hydroxylation sites is 1. The molecule has 1 amide bonds. The van der Waals surface area contributed by atoms with Gasteiger partial charge in [-0.05, 0) is 31.9 Å². The number of benzene rings is 1. The van der Waals surface area contributed by atoms with Crippen LogP contribution in [0.4, 0.5) is 5.95 Å². The Balaban J connectivity index is 1.64. The van der Waals surface area contributed by atoms with Crippen molar-refractivity contribution in [1.82, 2.24) is 19.9 Å². The third-order valence-electron chi connectivity index (χ3n) is 4.71. The lowest BCUT2D eigenvalue weighted by atomic mass is 10.2. The topological polar surface area (TPSA) is 62.2 Å². The summed E-state index contributed by atoms with van der Waals surface area (Å²) in [5.74, 6) is 0.609. The predicted octanol–water partition coefficient (Wildman–Crippen LogP) is 3.44. The lowest BCUT2D eigenvalue weighted by Crippen LogP contribution is -2.31. The molecule has 0 N–H and O–H groups in total. The lowest BCUT2D eigenvalue weighted by Gasteiger charge is -2.24. The first-order chi connectivity index (χ1) is 12.5. The van der Waals surface area contributed by atoms with E-state index in [0.717, 1.165) is 34.6 Å². The number of aromatic nitrogens is 3. The Bertz CT molecular complexity index is 934. The minimum atomic E-state index is -0.00503. The molecular weight excluding hydrogens is 346 g/mol. The van der Waals surface area contributed by atoms with Crippen LogP contribution in [-0.4, -0.2) is 46.4 Å². The van der Waals surface area contributed by atoms with Crippen LogP contribution in [0.15, 0.2) is 30.5 Å². The van der Waals surface area contributed by atoms with Gasteiger partial charge in [-0.1, -0.05) is 12.1 Å². The van der Waals surface area contributed by atoms with Crippen LogP contribution in [0.25, 0.3) is 10.2 Å². The van der Waals surface area contributed by atoms with Crippen molar-refractivity contribution in [3.8, 4) is 0 Å². The van der Waals surface area contributed by atoms with E-state index in [1.165, 1.54) is 0 Å². The first-order valence-electron chi connectivity index (χ1n) is 8.72. The van der Waals surface area contributed by atoms with Crippen molar-refractivity contribution in [2.75, 3.05) is 25.5 Å². The number of amides is 1. The summed E-state index contributed by atoms with van der Waals surface area (Å²) in [6.07, 6.45) is 3.58. The second kappa shape index (κ2) is 6.64. The minimum Gasteiger partial charge on any atom is -0.347 e. The van der Waals surface area contributed by atoms with Crippen LogP contribution >= 0.6 is 11.3 Å². The highest BCUT2D eigenvalue weighted by atomic mass is 32.1. The van der Waals surface area contributed by atoms with Gasteiger partial charge < -0.3 is 9.80 Å². The fourth-order valence-electron chi connectivity index (χ4n) is 3.33. The molecule has 3 heterocycles. The summed E-state index contributed by atoms with van der Waals surface area (Å²) in [4.78, 5) is 30.5. The molecular formula is C19H21N5OS. The maximum Gasteiger partial charge on any atom is 0.257 e. The number of likely N-dealkylation sites (tertiary alicyclic amines) is 1. The molecule has 26 heavy (non-hydrogen) atoms. The van der Waals surface area contributed by atoms with E-state index in [1.54, 1.807) is 17.5 Å². The van der Waals surface area contributed by atoms with Crippen LogP contribution in [0.2, 0.25) is 0 Å². The number of anilines is 1. The van der Waals surface area contributed by atoms with Crippen LogP contribution in [0, 0.1) is 6.92 Å². The molecule has 2 aromatic heterocycles. The van der Waals surface area contributed by atoms with Crippen LogP contribution in [0.5, 0.6) is 0 Å². The summed E-state index contributed by atoms with van der Waals surface area (Å²) in [5.41, 5.74) is 2.29. The average molecular weight is 367 g/mol. The molecule has 1 atom stereocenters. The van der Waals surface area contributed by atoms with Crippen molar-refractivity contribution in [3.05, 3.63) is 46.7 Å². The monoisotopic (exact) mass is 367 g/mol. The molecule has 0 radical (unpaired) electrons. The molecule has 3 aromatic rings. The minimum absolute atomic E-state index is 0.00503. The molecule has 4 rings (SSSR count). The molecule has 0 aliphatic carbocycles. The summed E-state index contributed by atoms with van der Waals surface area (Å²) in [6.45, 7) is 2.61. The van der Waals surface area contributed by atoms with Crippen molar-refractivity contribution in [2.24, 2.45) is 0 Å². The normalized spacial score (nSPS) is 17.0. The molecule has 0 spiro atoms. The van der Waals surface area contributed by atoms with Gasteiger partial charge in [0.05, 0.1) is 27.5 Å². The van der Waals surface area contributed by atoms with Gasteiger partial charge in [0, 0.05) is 26.8 Å². The Kier molecular flexibility index (Phi) is 4.32. The second-order valence-corrected chi connectivity index (χ2v) is 7.80. The summed E-state index contributed by atoms with van der Waals surface area (Å²) >= 11 is 1.68. The number of aryl methyl sites for hydroxylation is 1. The van der Waals surface area contributed by atoms with Crippen LogP contribution in [0.3, 0.4) is 0 Å². The smallest absolute Gasteiger partial charge is 0.257 e. The van der Waals surface area contributed by atoms with Crippen LogP contribution < -0.4 is 4.90 Å². The summed E-state index contributed by atoms with van der Waals surface area (Å²) in [5, 5.41) is 1.01. The fraction of sp³-hybridized carbons (Fsp3) is 0.368. The Labute approximate surface area is 156 Å². The van der Waals surface area contributed by atoms with E-state index in [0.29, 0.717) is 17.2 Å². The summed E-state index contributed by atoms with van der Waals surface area (Å²) in [7, 11) is 3.78. The van der Waals surface area contributed by atoms with E-state index < -0.39 is 0 Å². The van der Waals surface area contributed by atoms with Crippen LogP contribution in [0.1, 0.15) is 39.9 Å². The molecule has 0 unspecified atom stereocenters. The van der Waals surface area contributed by atoms with Crippen molar-refractivity contribution in [1.29, 1.82) is 0 Å². The van der Waals surface area contributed by atoms with Crippen molar-refractivity contribution in [3.63, 3.8) is 0 Å². The van der Waals surface area contributed by atoms with E-state index >= 15 is 0 Å². The SMILES string of the molecule is Cc1nc(N(C)C)ncc1C(=O)N1CCC[C@@H]1c1nc2ccccc2s1. The molecule has 6 nitrogen and oxygen atoms in total. The van der Waals surface area contributed by atoms with Gasteiger partial charge in [-0.2, -0.15) is 0 Å². The largest absolute Gasteiger partial charge is 0.347 e. The van der Waals surface area contributed by atoms with E-state index in [1.807, 2.05) is 49.0 Å². The number of nitrogens with zero attached hydrogens (tertiary/aromatic N) is 5. The Hall–Kier alpha value is -2.54. The fourth-order valence-corrected chi connectivity index (χ4v) is 4.45. The molecule has 1 aromatic carbocycles. The van der Waals surface area contributed by atoms with Gasteiger partial charge >= 0.3 is 0 Å². The highest BCUT2D eigenvalue weighted by molar-refractivity contribution is 7.18. The number of carbonyl (C=O) groups is 1.